The molecule has 1 heterocycles. The van der Waals surface area contributed by atoms with Crippen LogP contribution in [0.5, 0.6) is 0 Å². The van der Waals surface area contributed by atoms with Crippen molar-refractivity contribution < 1.29 is 15.0 Å². The number of thiazole rings is 1. The zero-order valence-electron chi connectivity index (χ0n) is 9.48. The highest BCUT2D eigenvalue weighted by Gasteiger charge is 2.30. The largest absolute Gasteiger partial charge is 0.476 e. The summed E-state index contributed by atoms with van der Waals surface area (Å²) in [5, 5.41) is 23.8. The van der Waals surface area contributed by atoms with Crippen LogP contribution in [0.1, 0.15) is 41.2 Å². The van der Waals surface area contributed by atoms with E-state index in [1.54, 1.807) is 5.38 Å². The van der Waals surface area contributed by atoms with E-state index in [1.807, 2.05) is 0 Å². The molecule has 1 aliphatic rings. The minimum absolute atomic E-state index is 0.112. The van der Waals surface area contributed by atoms with Gasteiger partial charge in [-0.25, -0.2) is 9.78 Å². The SMILES string of the molecule is O=C(O)c1nc(CNCC2(O)CCCC2)cs1. The van der Waals surface area contributed by atoms with Crippen molar-refractivity contribution in [3.05, 3.63) is 16.1 Å². The molecule has 94 valence electrons. The summed E-state index contributed by atoms with van der Waals surface area (Å²) in [6.45, 7) is 1.05. The average Bonchev–Trinajstić information content (AvgIpc) is 2.88. The molecule has 0 amide bonds. The van der Waals surface area contributed by atoms with Crippen LogP contribution in [0.15, 0.2) is 5.38 Å². The van der Waals surface area contributed by atoms with E-state index in [4.69, 9.17) is 5.11 Å². The Bertz CT molecular complexity index is 399. The number of hydrogen-bond acceptors (Lipinski definition) is 5. The highest BCUT2D eigenvalue weighted by molar-refractivity contribution is 7.11. The van der Waals surface area contributed by atoms with Crippen LogP contribution in [0, 0.1) is 0 Å². The van der Waals surface area contributed by atoms with E-state index in [0.717, 1.165) is 37.0 Å². The van der Waals surface area contributed by atoms with Crippen LogP contribution >= 0.6 is 11.3 Å². The number of aromatic carboxylic acids is 1. The smallest absolute Gasteiger partial charge is 0.365 e. The van der Waals surface area contributed by atoms with E-state index in [9.17, 15) is 9.90 Å². The molecule has 0 aliphatic heterocycles. The van der Waals surface area contributed by atoms with Gasteiger partial charge in [0.1, 0.15) is 0 Å². The number of rotatable bonds is 5. The van der Waals surface area contributed by atoms with Crippen LogP contribution in [-0.2, 0) is 6.54 Å². The molecule has 1 fully saturated rings. The number of nitrogens with zero attached hydrogens (tertiary/aromatic N) is 1. The molecule has 0 bridgehead atoms. The second-order valence-corrected chi connectivity index (χ2v) is 5.34. The van der Waals surface area contributed by atoms with Crippen molar-refractivity contribution in [3.63, 3.8) is 0 Å². The van der Waals surface area contributed by atoms with E-state index in [1.165, 1.54) is 0 Å². The first kappa shape index (κ1) is 12.5. The average molecular weight is 256 g/mol. The fourth-order valence-corrected chi connectivity index (χ4v) is 2.77. The van der Waals surface area contributed by atoms with Crippen LogP contribution in [-0.4, -0.2) is 33.3 Å². The fourth-order valence-electron chi connectivity index (χ4n) is 2.12. The van der Waals surface area contributed by atoms with Gasteiger partial charge in [0.05, 0.1) is 11.3 Å². The van der Waals surface area contributed by atoms with Crippen molar-refractivity contribution in [3.8, 4) is 0 Å². The summed E-state index contributed by atoms with van der Waals surface area (Å²) in [7, 11) is 0. The number of carboxylic acids is 1. The van der Waals surface area contributed by atoms with Gasteiger partial charge in [0.15, 0.2) is 0 Å². The molecule has 2 rings (SSSR count). The van der Waals surface area contributed by atoms with E-state index in [2.05, 4.69) is 10.3 Å². The van der Waals surface area contributed by atoms with Crippen LogP contribution in [0.25, 0.3) is 0 Å². The molecule has 0 atom stereocenters. The Labute approximate surface area is 104 Å². The number of carboxylic acid groups (broad SMARTS) is 1. The number of hydrogen-bond donors (Lipinski definition) is 3. The predicted molar refractivity (Wildman–Crippen MR) is 64.2 cm³/mol. The molecule has 0 unspecified atom stereocenters. The molecule has 1 aromatic heterocycles. The zero-order valence-corrected chi connectivity index (χ0v) is 10.3. The van der Waals surface area contributed by atoms with Gasteiger partial charge >= 0.3 is 5.97 Å². The fraction of sp³-hybridized carbons (Fsp3) is 0.636. The topological polar surface area (TPSA) is 82.5 Å². The van der Waals surface area contributed by atoms with Gasteiger partial charge in [-0.1, -0.05) is 12.8 Å². The maximum absolute atomic E-state index is 10.6. The summed E-state index contributed by atoms with van der Waals surface area (Å²) in [6, 6.07) is 0. The summed E-state index contributed by atoms with van der Waals surface area (Å²) < 4.78 is 0. The Kier molecular flexibility index (Phi) is 3.76. The second-order valence-electron chi connectivity index (χ2n) is 4.48. The highest BCUT2D eigenvalue weighted by Crippen LogP contribution is 2.28. The van der Waals surface area contributed by atoms with Crippen LogP contribution < -0.4 is 5.32 Å². The lowest BCUT2D eigenvalue weighted by atomic mass is 10.0. The lowest BCUT2D eigenvalue weighted by Gasteiger charge is -2.22. The summed E-state index contributed by atoms with van der Waals surface area (Å²) >= 11 is 1.13. The highest BCUT2D eigenvalue weighted by atomic mass is 32.1. The van der Waals surface area contributed by atoms with Gasteiger partial charge in [-0.15, -0.1) is 11.3 Å². The molecule has 1 saturated carbocycles. The first-order valence-corrected chi connectivity index (χ1v) is 6.58. The first-order chi connectivity index (χ1) is 8.09. The van der Waals surface area contributed by atoms with Crippen molar-refractivity contribution in [1.82, 2.24) is 10.3 Å². The Morgan fingerprint density at radius 1 is 1.53 bits per heavy atom. The molecule has 0 radical (unpaired) electrons. The van der Waals surface area contributed by atoms with Gasteiger partial charge in [-0.2, -0.15) is 0 Å². The van der Waals surface area contributed by atoms with Crippen molar-refractivity contribution in [2.24, 2.45) is 0 Å². The molecular formula is C11H16N2O3S. The summed E-state index contributed by atoms with van der Waals surface area (Å²) in [4.78, 5) is 14.6. The van der Waals surface area contributed by atoms with Gasteiger partial charge < -0.3 is 15.5 Å². The van der Waals surface area contributed by atoms with Crippen molar-refractivity contribution in [1.29, 1.82) is 0 Å². The van der Waals surface area contributed by atoms with Gasteiger partial charge in [-0.3, -0.25) is 0 Å². The lowest BCUT2D eigenvalue weighted by Crippen LogP contribution is -2.37. The molecule has 1 aromatic rings. The number of nitrogens with one attached hydrogen (secondary N) is 1. The molecule has 6 heteroatoms. The minimum Gasteiger partial charge on any atom is -0.476 e. The molecule has 17 heavy (non-hydrogen) atoms. The molecule has 3 N–H and O–H groups in total. The molecule has 0 aromatic carbocycles. The molecular weight excluding hydrogens is 240 g/mol. The van der Waals surface area contributed by atoms with Crippen LogP contribution in [0.4, 0.5) is 0 Å². The predicted octanol–water partition coefficient (Wildman–Crippen LogP) is 1.24. The zero-order chi connectivity index (χ0) is 12.3. The third-order valence-corrected chi connectivity index (χ3v) is 3.91. The van der Waals surface area contributed by atoms with Crippen molar-refractivity contribution in [2.75, 3.05) is 6.54 Å². The standard InChI is InChI=1S/C11H16N2O3S/c14-10(15)9-13-8(6-17-9)5-12-7-11(16)3-1-2-4-11/h6,12,16H,1-5,7H2,(H,14,15). The summed E-state index contributed by atoms with van der Waals surface area (Å²) in [5.74, 6) is -0.990. The van der Waals surface area contributed by atoms with E-state index < -0.39 is 11.6 Å². The Balaban J connectivity index is 1.79. The molecule has 1 aliphatic carbocycles. The number of aliphatic hydroxyl groups is 1. The lowest BCUT2D eigenvalue weighted by molar-refractivity contribution is 0.0473. The summed E-state index contributed by atoms with van der Waals surface area (Å²) in [5.41, 5.74) is 0.139. The molecule has 5 nitrogen and oxygen atoms in total. The molecule has 0 spiro atoms. The normalized spacial score (nSPS) is 18.4. The van der Waals surface area contributed by atoms with Gasteiger partial charge in [-0.05, 0) is 12.8 Å². The van der Waals surface area contributed by atoms with Crippen LogP contribution in [0.3, 0.4) is 0 Å². The third kappa shape index (κ3) is 3.24. The number of aromatic nitrogens is 1. The van der Waals surface area contributed by atoms with Crippen molar-refractivity contribution in [2.45, 2.75) is 37.8 Å². The monoisotopic (exact) mass is 256 g/mol. The van der Waals surface area contributed by atoms with Gasteiger partial charge in [0, 0.05) is 18.5 Å². The number of carbonyl (C=O) groups is 1. The van der Waals surface area contributed by atoms with Gasteiger partial charge in [0.2, 0.25) is 5.01 Å². The first-order valence-electron chi connectivity index (χ1n) is 5.70. The van der Waals surface area contributed by atoms with Crippen LogP contribution in [0.2, 0.25) is 0 Å². The minimum atomic E-state index is -0.990. The maximum atomic E-state index is 10.6. The van der Waals surface area contributed by atoms with E-state index in [0.29, 0.717) is 18.8 Å². The maximum Gasteiger partial charge on any atom is 0.365 e. The van der Waals surface area contributed by atoms with Crippen molar-refractivity contribution >= 4 is 17.3 Å². The quantitative estimate of drug-likeness (QED) is 0.738. The summed E-state index contributed by atoms with van der Waals surface area (Å²) in [6.07, 6.45) is 3.85. The molecule has 0 saturated heterocycles. The Hall–Kier alpha value is -0.980. The second kappa shape index (κ2) is 5.12. The Morgan fingerprint density at radius 2 is 2.24 bits per heavy atom. The van der Waals surface area contributed by atoms with E-state index >= 15 is 0 Å². The Morgan fingerprint density at radius 3 is 2.82 bits per heavy atom. The third-order valence-electron chi connectivity index (χ3n) is 3.03. The van der Waals surface area contributed by atoms with E-state index in [-0.39, 0.29) is 5.01 Å². The van der Waals surface area contributed by atoms with Gasteiger partial charge in [0.25, 0.3) is 0 Å².